The first-order valence-corrected chi connectivity index (χ1v) is 12.1. The van der Waals surface area contributed by atoms with Gasteiger partial charge in [0.1, 0.15) is 11.9 Å². The van der Waals surface area contributed by atoms with E-state index >= 15 is 0 Å². The zero-order valence-corrected chi connectivity index (χ0v) is 20.0. The molecule has 0 bridgehead atoms. The minimum atomic E-state index is -0.637. The summed E-state index contributed by atoms with van der Waals surface area (Å²) in [6.07, 6.45) is 2.25. The Balaban J connectivity index is 1.48. The summed E-state index contributed by atoms with van der Waals surface area (Å²) < 4.78 is 13.1. The van der Waals surface area contributed by atoms with E-state index in [1.165, 1.54) is 12.1 Å². The van der Waals surface area contributed by atoms with Crippen LogP contribution in [0.3, 0.4) is 0 Å². The highest BCUT2D eigenvalue weighted by molar-refractivity contribution is 5.92. The third-order valence-electron chi connectivity index (χ3n) is 6.92. The van der Waals surface area contributed by atoms with Crippen molar-refractivity contribution < 1.29 is 14.0 Å². The Morgan fingerprint density at radius 1 is 0.971 bits per heavy atom. The lowest BCUT2D eigenvalue weighted by atomic mass is 9.90. The van der Waals surface area contributed by atoms with Crippen LogP contribution in [-0.4, -0.2) is 53.8 Å². The Labute approximate surface area is 206 Å². The number of carbonyl (C=O) groups is 2. The molecule has 0 aliphatic carbocycles. The highest BCUT2D eigenvalue weighted by atomic mass is 19.1. The van der Waals surface area contributed by atoms with Crippen LogP contribution in [0.25, 0.3) is 0 Å². The minimum absolute atomic E-state index is 0.0388. The summed E-state index contributed by atoms with van der Waals surface area (Å²) in [5.41, 5.74) is 8.64. The predicted octanol–water partition coefficient (Wildman–Crippen LogP) is 3.98. The third-order valence-corrected chi connectivity index (χ3v) is 6.92. The van der Waals surface area contributed by atoms with Gasteiger partial charge in [0.05, 0.1) is 5.92 Å². The number of hydrogen-bond donors (Lipinski definition) is 1. The molecule has 182 valence electrons. The normalized spacial score (nSPS) is 17.8. The van der Waals surface area contributed by atoms with Crippen molar-refractivity contribution in [1.82, 2.24) is 9.80 Å². The van der Waals surface area contributed by atoms with Gasteiger partial charge in [0, 0.05) is 12.6 Å². The van der Waals surface area contributed by atoms with E-state index in [2.05, 4.69) is 4.90 Å². The molecule has 1 aliphatic rings. The Morgan fingerprint density at radius 2 is 1.54 bits per heavy atom. The molecular weight excluding hydrogens is 441 g/mol. The van der Waals surface area contributed by atoms with Crippen LogP contribution in [0.1, 0.15) is 35.4 Å². The van der Waals surface area contributed by atoms with Crippen LogP contribution in [0.5, 0.6) is 0 Å². The van der Waals surface area contributed by atoms with Gasteiger partial charge in [-0.25, -0.2) is 4.39 Å². The molecule has 4 rings (SSSR count). The van der Waals surface area contributed by atoms with Crippen LogP contribution in [-0.2, 0) is 16.0 Å². The molecule has 2 N–H and O–H groups in total. The number of likely N-dealkylation sites (N-methyl/N-ethyl adjacent to an activating group) is 1. The lowest BCUT2D eigenvalue weighted by Gasteiger charge is -2.28. The molecule has 3 aromatic carbocycles. The highest BCUT2D eigenvalue weighted by Crippen LogP contribution is 2.31. The molecule has 2 amide bonds. The molecule has 1 fully saturated rings. The molecule has 1 aliphatic heterocycles. The maximum absolute atomic E-state index is 13.9. The van der Waals surface area contributed by atoms with E-state index in [9.17, 15) is 14.0 Å². The van der Waals surface area contributed by atoms with Crippen molar-refractivity contribution in [2.75, 3.05) is 20.1 Å². The number of carbonyl (C=O) groups excluding carboxylic acids is 2. The van der Waals surface area contributed by atoms with Crippen LogP contribution >= 0.6 is 0 Å². The Kier molecular flexibility index (Phi) is 7.93. The van der Waals surface area contributed by atoms with E-state index in [0.29, 0.717) is 13.0 Å². The number of halogens is 1. The molecule has 0 spiro atoms. The molecule has 35 heavy (non-hydrogen) atoms. The Bertz CT molecular complexity index is 1080. The lowest BCUT2D eigenvalue weighted by Crippen LogP contribution is -2.46. The van der Waals surface area contributed by atoms with Crippen molar-refractivity contribution >= 4 is 11.8 Å². The maximum atomic E-state index is 13.9. The number of aryl methyl sites for hydroxylation is 1. The molecule has 0 radical (unpaired) electrons. The molecule has 3 aromatic rings. The van der Waals surface area contributed by atoms with Crippen molar-refractivity contribution in [1.29, 1.82) is 0 Å². The van der Waals surface area contributed by atoms with Crippen molar-refractivity contribution in [2.24, 2.45) is 5.73 Å². The topological polar surface area (TPSA) is 66.6 Å². The van der Waals surface area contributed by atoms with Gasteiger partial charge in [0.15, 0.2) is 0 Å². The van der Waals surface area contributed by atoms with Gasteiger partial charge >= 0.3 is 0 Å². The van der Waals surface area contributed by atoms with Crippen LogP contribution in [0.15, 0.2) is 84.9 Å². The standard InChI is InChI=1S/C29H32FN3O2/c1-32(18-8-9-21-14-16-24(30)17-15-21)25-19-26(28(31)34)33(20-25)29(35)27(22-10-4-2-5-11-22)23-12-6-3-7-13-23/h2-7,10-17,25-27H,8-9,18-20H2,1H3,(H2,31,34)/t25-,26-/m1/s1. The molecular formula is C29H32FN3O2. The third kappa shape index (κ3) is 5.95. The van der Waals surface area contributed by atoms with Crippen molar-refractivity contribution in [2.45, 2.75) is 37.3 Å². The number of hydrogen-bond acceptors (Lipinski definition) is 3. The van der Waals surface area contributed by atoms with Gasteiger partial charge in [-0.3, -0.25) is 9.59 Å². The summed E-state index contributed by atoms with van der Waals surface area (Å²) in [6.45, 7) is 1.26. The summed E-state index contributed by atoms with van der Waals surface area (Å²) in [6, 6.07) is 25.3. The van der Waals surface area contributed by atoms with E-state index in [-0.39, 0.29) is 17.8 Å². The summed E-state index contributed by atoms with van der Waals surface area (Å²) in [7, 11) is 2.02. The fraction of sp³-hybridized carbons (Fsp3) is 0.310. The van der Waals surface area contributed by atoms with Crippen LogP contribution < -0.4 is 5.73 Å². The second-order valence-electron chi connectivity index (χ2n) is 9.26. The van der Waals surface area contributed by atoms with E-state index in [1.54, 1.807) is 4.90 Å². The molecule has 0 saturated carbocycles. The van der Waals surface area contributed by atoms with Crippen molar-refractivity contribution in [3.8, 4) is 0 Å². The van der Waals surface area contributed by atoms with E-state index < -0.39 is 17.9 Å². The number of nitrogens with zero attached hydrogens (tertiary/aromatic N) is 2. The molecule has 1 heterocycles. The fourth-order valence-corrected chi connectivity index (χ4v) is 4.95. The monoisotopic (exact) mass is 473 g/mol. The van der Waals surface area contributed by atoms with Crippen LogP contribution in [0, 0.1) is 5.82 Å². The largest absolute Gasteiger partial charge is 0.368 e. The van der Waals surface area contributed by atoms with Gasteiger partial charge < -0.3 is 15.5 Å². The van der Waals surface area contributed by atoms with Gasteiger partial charge in [-0.1, -0.05) is 72.8 Å². The minimum Gasteiger partial charge on any atom is -0.368 e. The molecule has 0 unspecified atom stereocenters. The number of benzene rings is 3. The fourth-order valence-electron chi connectivity index (χ4n) is 4.95. The highest BCUT2D eigenvalue weighted by Gasteiger charge is 2.42. The summed E-state index contributed by atoms with van der Waals surface area (Å²) in [5.74, 6) is -1.31. The van der Waals surface area contributed by atoms with Gasteiger partial charge in [-0.05, 0) is 61.7 Å². The van der Waals surface area contributed by atoms with E-state index in [1.807, 2.05) is 79.8 Å². The second-order valence-corrected chi connectivity index (χ2v) is 9.26. The van der Waals surface area contributed by atoms with E-state index in [4.69, 9.17) is 5.73 Å². The zero-order chi connectivity index (χ0) is 24.8. The molecule has 1 saturated heterocycles. The van der Waals surface area contributed by atoms with Crippen LogP contribution in [0.2, 0.25) is 0 Å². The SMILES string of the molecule is CN(CCCc1ccc(F)cc1)[C@@H]1C[C@H](C(N)=O)N(C(=O)C(c2ccccc2)c2ccccc2)C1. The zero-order valence-electron chi connectivity index (χ0n) is 20.0. The summed E-state index contributed by atoms with van der Waals surface area (Å²) in [4.78, 5) is 30.2. The number of nitrogens with two attached hydrogens (primary N) is 1. The Morgan fingerprint density at radius 3 is 2.09 bits per heavy atom. The second kappa shape index (κ2) is 11.3. The maximum Gasteiger partial charge on any atom is 0.240 e. The molecule has 6 heteroatoms. The molecule has 2 atom stereocenters. The lowest BCUT2D eigenvalue weighted by molar-refractivity contribution is -0.137. The van der Waals surface area contributed by atoms with Crippen molar-refractivity contribution in [3.05, 3.63) is 107 Å². The van der Waals surface area contributed by atoms with Gasteiger partial charge in [-0.15, -0.1) is 0 Å². The van der Waals surface area contributed by atoms with Gasteiger partial charge in [-0.2, -0.15) is 0 Å². The predicted molar refractivity (Wildman–Crippen MR) is 135 cm³/mol. The molecule has 0 aromatic heterocycles. The number of amides is 2. The number of primary amides is 1. The summed E-state index contributed by atoms with van der Waals surface area (Å²) >= 11 is 0. The quantitative estimate of drug-likeness (QED) is 0.511. The number of rotatable bonds is 9. The first kappa shape index (κ1) is 24.6. The summed E-state index contributed by atoms with van der Waals surface area (Å²) in [5, 5.41) is 0. The van der Waals surface area contributed by atoms with Crippen LogP contribution in [0.4, 0.5) is 4.39 Å². The average Bonchev–Trinajstić information content (AvgIpc) is 3.33. The van der Waals surface area contributed by atoms with Gasteiger partial charge in [0.2, 0.25) is 11.8 Å². The first-order valence-electron chi connectivity index (χ1n) is 12.1. The molecule has 5 nitrogen and oxygen atoms in total. The smallest absolute Gasteiger partial charge is 0.240 e. The van der Waals surface area contributed by atoms with E-state index in [0.717, 1.165) is 36.1 Å². The first-order chi connectivity index (χ1) is 16.9. The van der Waals surface area contributed by atoms with Crippen molar-refractivity contribution in [3.63, 3.8) is 0 Å². The average molecular weight is 474 g/mol. The Hall–Kier alpha value is -3.51. The van der Waals surface area contributed by atoms with Gasteiger partial charge in [0.25, 0.3) is 0 Å². The number of likely N-dealkylation sites (tertiary alicyclic amines) is 1.